The van der Waals surface area contributed by atoms with Crippen LogP contribution in [-0.4, -0.2) is 83.2 Å². The fraction of sp³-hybridized carbons (Fsp3) is 0.581. The molecule has 218 valence electrons. The number of allylic oxidation sites excluding steroid dienone is 1. The van der Waals surface area contributed by atoms with Crippen LogP contribution in [-0.2, 0) is 19.1 Å². The Bertz CT molecular complexity index is 1090. The van der Waals surface area contributed by atoms with Crippen LogP contribution in [0.2, 0.25) is 0 Å². The number of nitrogens with zero attached hydrogens (tertiary/aromatic N) is 3. The first-order valence-electron chi connectivity index (χ1n) is 14.5. The summed E-state index contributed by atoms with van der Waals surface area (Å²) in [6.07, 6.45) is 6.75. The summed E-state index contributed by atoms with van der Waals surface area (Å²) in [4.78, 5) is 47.4. The lowest BCUT2D eigenvalue weighted by atomic mass is 9.71. The van der Waals surface area contributed by atoms with Crippen molar-refractivity contribution in [3.63, 3.8) is 0 Å². The molecule has 1 aromatic rings. The summed E-state index contributed by atoms with van der Waals surface area (Å²) in [6, 6.07) is 7.20. The number of fused-ring (bicyclic) bond motifs is 1. The van der Waals surface area contributed by atoms with Crippen LogP contribution in [0.1, 0.15) is 46.0 Å². The average Bonchev–Trinajstić information content (AvgIpc) is 3.61. The summed E-state index contributed by atoms with van der Waals surface area (Å²) in [6.45, 7) is 14.4. The highest BCUT2D eigenvalue weighted by Crippen LogP contribution is 2.66. The fourth-order valence-corrected chi connectivity index (χ4v) is 8.91. The molecule has 3 aliphatic rings. The lowest BCUT2D eigenvalue weighted by molar-refractivity contribution is -0.154. The lowest BCUT2D eigenvalue weighted by Gasteiger charge is -2.37. The number of esters is 1. The number of amides is 2. The first-order chi connectivity index (χ1) is 19.4. The number of carbonyl (C=O) groups excluding carboxylic acids is 3. The van der Waals surface area contributed by atoms with Crippen molar-refractivity contribution < 1.29 is 24.2 Å². The molecule has 2 bridgehead atoms. The number of anilines is 2. The molecular formula is C31H43N3O5S. The van der Waals surface area contributed by atoms with E-state index in [0.29, 0.717) is 32.4 Å². The van der Waals surface area contributed by atoms with Crippen molar-refractivity contribution in [2.75, 3.05) is 49.2 Å². The molecule has 9 heteroatoms. The van der Waals surface area contributed by atoms with E-state index in [1.54, 1.807) is 33.7 Å². The van der Waals surface area contributed by atoms with Crippen molar-refractivity contribution in [2.45, 2.75) is 62.0 Å². The molecule has 1 spiro atoms. The van der Waals surface area contributed by atoms with Crippen molar-refractivity contribution in [3.05, 3.63) is 49.6 Å². The largest absolute Gasteiger partial charge is 0.465 e. The molecule has 8 nitrogen and oxygen atoms in total. The second-order valence-electron chi connectivity index (χ2n) is 10.7. The van der Waals surface area contributed by atoms with E-state index in [4.69, 9.17) is 4.74 Å². The monoisotopic (exact) mass is 569 g/mol. The Labute approximate surface area is 242 Å². The van der Waals surface area contributed by atoms with Crippen LogP contribution in [0.4, 0.5) is 11.4 Å². The Morgan fingerprint density at radius 3 is 2.48 bits per heavy atom. The summed E-state index contributed by atoms with van der Waals surface area (Å²) in [7, 11) is 0. The molecule has 0 radical (unpaired) electrons. The molecule has 3 saturated heterocycles. The highest BCUT2D eigenvalue weighted by atomic mass is 32.2. The van der Waals surface area contributed by atoms with Crippen molar-refractivity contribution in [2.24, 2.45) is 11.8 Å². The number of likely N-dealkylation sites (tertiary alicyclic amines) is 1. The summed E-state index contributed by atoms with van der Waals surface area (Å²) in [5, 5.41) is 9.55. The zero-order valence-corrected chi connectivity index (χ0v) is 24.6. The number of hydrogen-bond acceptors (Lipinski definition) is 7. The van der Waals surface area contributed by atoms with Gasteiger partial charge in [0.05, 0.1) is 23.2 Å². The molecule has 1 aromatic carbocycles. The first-order valence-corrected chi connectivity index (χ1v) is 15.4. The Balaban J connectivity index is 1.66. The van der Waals surface area contributed by atoms with Gasteiger partial charge in [0.1, 0.15) is 6.04 Å². The van der Waals surface area contributed by atoms with Gasteiger partial charge in [-0.15, -0.1) is 24.9 Å². The fourth-order valence-electron chi connectivity index (χ4n) is 6.71. The maximum Gasteiger partial charge on any atom is 0.310 e. The minimum absolute atomic E-state index is 0.0441. The predicted molar refractivity (Wildman–Crippen MR) is 160 cm³/mol. The normalized spacial score (nSPS) is 26.5. The summed E-state index contributed by atoms with van der Waals surface area (Å²) >= 11 is 1.63. The molecule has 0 aromatic heterocycles. The Morgan fingerprint density at radius 1 is 1.15 bits per heavy atom. The highest BCUT2D eigenvalue weighted by Gasteiger charge is 2.74. The van der Waals surface area contributed by atoms with Crippen molar-refractivity contribution in [3.8, 4) is 0 Å². The van der Waals surface area contributed by atoms with Gasteiger partial charge >= 0.3 is 5.97 Å². The summed E-state index contributed by atoms with van der Waals surface area (Å²) in [5.74, 6) is -1.86. The van der Waals surface area contributed by atoms with Crippen LogP contribution in [0.25, 0.3) is 0 Å². The van der Waals surface area contributed by atoms with Gasteiger partial charge in [-0.3, -0.25) is 14.4 Å². The van der Waals surface area contributed by atoms with Gasteiger partial charge in [-0.1, -0.05) is 12.2 Å². The molecule has 2 unspecified atom stereocenters. The van der Waals surface area contributed by atoms with Crippen molar-refractivity contribution in [1.29, 1.82) is 0 Å². The van der Waals surface area contributed by atoms with Crippen molar-refractivity contribution in [1.82, 2.24) is 4.90 Å². The van der Waals surface area contributed by atoms with Crippen LogP contribution >= 0.6 is 11.8 Å². The molecule has 0 aliphatic carbocycles. The second-order valence-corrected chi connectivity index (χ2v) is 12.3. The van der Waals surface area contributed by atoms with E-state index >= 15 is 0 Å². The lowest BCUT2D eigenvalue weighted by Crippen LogP contribution is -2.55. The van der Waals surface area contributed by atoms with Crippen LogP contribution in [0.3, 0.4) is 0 Å². The third kappa shape index (κ3) is 5.42. The average molecular weight is 570 g/mol. The maximum atomic E-state index is 14.5. The minimum atomic E-state index is -0.729. The molecule has 2 amide bonds. The molecule has 3 aliphatic heterocycles. The molecular weight excluding hydrogens is 526 g/mol. The van der Waals surface area contributed by atoms with Gasteiger partial charge in [0.25, 0.3) is 5.91 Å². The molecule has 40 heavy (non-hydrogen) atoms. The van der Waals surface area contributed by atoms with Crippen LogP contribution in [0.5, 0.6) is 0 Å². The number of aliphatic hydroxyl groups is 1. The zero-order valence-electron chi connectivity index (χ0n) is 23.8. The molecule has 1 N–H and O–H groups in total. The molecule has 5 atom stereocenters. The number of thioether (sulfide) groups is 1. The van der Waals surface area contributed by atoms with Gasteiger partial charge < -0.3 is 24.5 Å². The van der Waals surface area contributed by atoms with Crippen LogP contribution < -0.4 is 9.80 Å². The first kappa shape index (κ1) is 30.2. The Hall–Kier alpha value is -2.78. The topological polar surface area (TPSA) is 90.4 Å². The Kier molecular flexibility index (Phi) is 10.0. The standard InChI is InChI=1S/C31H43N3O5S/c1-5-9-10-21-39-30(38)25-24-16-17-31(40-24)26(25)28(36)34(19-11-20-35)27(31)29(37)33(18-6-2)23-14-12-22(13-15-23)32(7-3)8-4/h5-6,12-15,24-27,35H,1-2,7-11,16-21H2,3-4H3/t24-,25+,26-,27?,31?/m0/s1. The molecule has 4 rings (SSSR count). The minimum Gasteiger partial charge on any atom is -0.465 e. The summed E-state index contributed by atoms with van der Waals surface area (Å²) in [5.41, 5.74) is 1.82. The van der Waals surface area contributed by atoms with Gasteiger partial charge in [-0.2, -0.15) is 0 Å². The number of ether oxygens (including phenoxy) is 1. The van der Waals surface area contributed by atoms with E-state index < -0.39 is 22.6 Å². The predicted octanol–water partition coefficient (Wildman–Crippen LogP) is 4.03. The van der Waals surface area contributed by atoms with Gasteiger partial charge in [-0.25, -0.2) is 0 Å². The van der Waals surface area contributed by atoms with Gasteiger partial charge in [0.2, 0.25) is 5.91 Å². The van der Waals surface area contributed by atoms with Crippen LogP contribution in [0.15, 0.2) is 49.6 Å². The smallest absolute Gasteiger partial charge is 0.310 e. The Morgan fingerprint density at radius 2 is 1.85 bits per heavy atom. The van der Waals surface area contributed by atoms with Gasteiger partial charge in [0, 0.05) is 49.4 Å². The molecule has 3 fully saturated rings. The maximum absolute atomic E-state index is 14.5. The second kappa shape index (κ2) is 13.3. The van der Waals surface area contributed by atoms with Gasteiger partial charge in [0.15, 0.2) is 0 Å². The number of carbonyl (C=O) groups is 3. The van der Waals surface area contributed by atoms with Crippen molar-refractivity contribution >= 4 is 40.9 Å². The molecule has 3 heterocycles. The number of unbranched alkanes of at least 4 members (excludes halogenated alkanes) is 1. The highest BCUT2D eigenvalue weighted by molar-refractivity contribution is 8.02. The number of hydrogen-bond donors (Lipinski definition) is 1. The number of aliphatic hydroxyl groups excluding tert-OH is 1. The quantitative estimate of drug-likeness (QED) is 0.194. The zero-order chi connectivity index (χ0) is 28.9. The van der Waals surface area contributed by atoms with E-state index in [-0.39, 0.29) is 36.2 Å². The molecule has 0 saturated carbocycles. The van der Waals surface area contributed by atoms with E-state index in [1.165, 1.54) is 0 Å². The van der Waals surface area contributed by atoms with Gasteiger partial charge in [-0.05, 0) is 70.2 Å². The van der Waals surface area contributed by atoms with Crippen LogP contribution in [0, 0.1) is 11.8 Å². The van der Waals surface area contributed by atoms with E-state index in [0.717, 1.165) is 37.3 Å². The summed E-state index contributed by atoms with van der Waals surface area (Å²) < 4.78 is 4.93. The third-order valence-electron chi connectivity index (χ3n) is 8.53. The number of benzene rings is 1. The van der Waals surface area contributed by atoms with E-state index in [1.807, 2.05) is 24.3 Å². The van der Waals surface area contributed by atoms with E-state index in [9.17, 15) is 19.5 Å². The third-order valence-corrected chi connectivity index (χ3v) is 10.5. The SMILES string of the molecule is C=CCCCOC(=O)[C@@H]1[C@@H]2CCC3(S2)C(C(=O)N(CC=C)c2ccc(N(CC)CC)cc2)N(CCCO)C(=O)[C@H]13. The number of rotatable bonds is 15. The van der Waals surface area contributed by atoms with E-state index in [2.05, 4.69) is 31.9 Å².